The predicted molar refractivity (Wildman–Crippen MR) is 85.3 cm³/mol. The van der Waals surface area contributed by atoms with Gasteiger partial charge in [0, 0.05) is 5.56 Å². The van der Waals surface area contributed by atoms with Crippen molar-refractivity contribution in [3.05, 3.63) is 35.9 Å². The molecule has 23 heavy (non-hydrogen) atoms. The van der Waals surface area contributed by atoms with Crippen molar-refractivity contribution in [2.75, 3.05) is 19.6 Å². The summed E-state index contributed by atoms with van der Waals surface area (Å²) in [6.45, 7) is 11.7. The van der Waals surface area contributed by atoms with E-state index in [1.165, 1.54) is 36.2 Å². The van der Waals surface area contributed by atoms with Crippen LogP contribution in [0.4, 0.5) is 0 Å². The van der Waals surface area contributed by atoms with Gasteiger partial charge in [0.25, 0.3) is 0 Å². The van der Waals surface area contributed by atoms with Gasteiger partial charge in [-0.15, -0.1) is 0 Å². The Kier molecular flexibility index (Phi) is 9.85. The number of benzene rings is 1. The fraction of sp³-hybridized carbons (Fsp3) is 0.529. The van der Waals surface area contributed by atoms with Gasteiger partial charge in [-0.25, -0.2) is 0 Å². The zero-order valence-corrected chi connectivity index (χ0v) is 14.1. The van der Waals surface area contributed by atoms with Crippen molar-refractivity contribution in [2.24, 2.45) is 0 Å². The van der Waals surface area contributed by atoms with Gasteiger partial charge in [0.05, 0.1) is 32.0 Å². The molecule has 0 saturated carbocycles. The number of quaternary nitrogens is 1. The molecule has 0 aliphatic carbocycles. The molecule has 1 aromatic rings. The van der Waals surface area contributed by atoms with Crippen LogP contribution in [-0.4, -0.2) is 52.4 Å². The van der Waals surface area contributed by atoms with E-state index in [2.05, 4.69) is 51.1 Å². The topological polar surface area (TPSA) is 97.7 Å². The highest BCUT2D eigenvalue weighted by molar-refractivity contribution is 5.77. The second kappa shape index (κ2) is 10.7. The van der Waals surface area contributed by atoms with Crippen LogP contribution in [0.15, 0.2) is 30.3 Å². The van der Waals surface area contributed by atoms with Gasteiger partial charge >= 0.3 is 5.97 Å². The second-order valence-electron chi connectivity index (χ2n) is 5.37. The van der Waals surface area contributed by atoms with Crippen molar-refractivity contribution in [2.45, 2.75) is 39.8 Å². The Labute approximate surface area is 137 Å². The Hall–Kier alpha value is -1.92. The van der Waals surface area contributed by atoms with E-state index in [0.29, 0.717) is 0 Å². The standard InChI is InChI=1S/C13H22N.C4H6O5/c1-4-14(5-2,6-3)12-13-10-8-7-9-11-13;5-2(4(8)9)1-3(6)7/h7-11H,4-6,12H2,1-3H3;2,5H,1H2,(H,6,7)(H,8,9)/q+1;/p-1. The molecular formula is C17H27NO5. The van der Waals surface area contributed by atoms with Crippen LogP contribution < -0.4 is 5.11 Å². The fourth-order valence-electron chi connectivity index (χ4n) is 2.23. The van der Waals surface area contributed by atoms with Gasteiger partial charge in [-0.05, 0) is 20.8 Å². The summed E-state index contributed by atoms with van der Waals surface area (Å²) < 4.78 is 1.20. The van der Waals surface area contributed by atoms with E-state index >= 15 is 0 Å². The minimum absolute atomic E-state index is 0.817. The average Bonchev–Trinajstić information content (AvgIpc) is 2.53. The molecule has 2 N–H and O–H groups in total. The van der Waals surface area contributed by atoms with Crippen molar-refractivity contribution in [1.82, 2.24) is 0 Å². The monoisotopic (exact) mass is 325 g/mol. The SMILES string of the molecule is CC[N+](CC)(CC)Cc1ccccc1.O=C(O)CC(O)C(=O)[O-]. The lowest BCUT2D eigenvalue weighted by atomic mass is 10.2. The number of carboxylic acids is 2. The lowest BCUT2D eigenvalue weighted by molar-refractivity contribution is -0.936. The number of nitrogens with zero attached hydrogens (tertiary/aromatic N) is 1. The highest BCUT2D eigenvalue weighted by Gasteiger charge is 2.20. The fourth-order valence-corrected chi connectivity index (χ4v) is 2.23. The van der Waals surface area contributed by atoms with E-state index in [9.17, 15) is 14.7 Å². The van der Waals surface area contributed by atoms with Crippen LogP contribution in [0.25, 0.3) is 0 Å². The summed E-state index contributed by atoms with van der Waals surface area (Å²) in [6, 6.07) is 10.8. The first-order chi connectivity index (χ1) is 10.8. The summed E-state index contributed by atoms with van der Waals surface area (Å²) in [4.78, 5) is 19.3. The van der Waals surface area contributed by atoms with Gasteiger partial charge in [-0.3, -0.25) is 4.79 Å². The molecule has 0 aromatic heterocycles. The van der Waals surface area contributed by atoms with E-state index in [1.54, 1.807) is 0 Å². The molecule has 1 aromatic carbocycles. The van der Waals surface area contributed by atoms with E-state index in [4.69, 9.17) is 10.2 Å². The molecule has 1 atom stereocenters. The Morgan fingerprint density at radius 2 is 1.57 bits per heavy atom. The summed E-state index contributed by atoms with van der Waals surface area (Å²) in [7, 11) is 0. The largest absolute Gasteiger partial charge is 0.547 e. The quantitative estimate of drug-likeness (QED) is 0.683. The Morgan fingerprint density at radius 3 is 1.87 bits per heavy atom. The first kappa shape index (κ1) is 21.1. The molecule has 0 saturated heterocycles. The molecule has 0 fully saturated rings. The molecule has 130 valence electrons. The molecule has 6 nitrogen and oxygen atoms in total. The van der Waals surface area contributed by atoms with Crippen molar-refractivity contribution in [3.63, 3.8) is 0 Å². The molecule has 0 spiro atoms. The second-order valence-corrected chi connectivity index (χ2v) is 5.37. The van der Waals surface area contributed by atoms with Crippen LogP contribution in [0, 0.1) is 0 Å². The lowest BCUT2D eigenvalue weighted by Crippen LogP contribution is -2.46. The number of carbonyl (C=O) groups is 2. The minimum atomic E-state index is -1.90. The first-order valence-corrected chi connectivity index (χ1v) is 7.80. The third-order valence-corrected chi connectivity index (χ3v) is 4.01. The van der Waals surface area contributed by atoms with Gasteiger partial charge < -0.3 is 24.6 Å². The number of carboxylic acid groups (broad SMARTS) is 2. The third-order valence-electron chi connectivity index (χ3n) is 4.01. The normalized spacial score (nSPS) is 12.0. The molecule has 0 radical (unpaired) electrons. The summed E-state index contributed by atoms with van der Waals surface area (Å²) in [5.74, 6) is -3.14. The van der Waals surface area contributed by atoms with Crippen LogP contribution in [0.1, 0.15) is 32.8 Å². The third kappa shape index (κ3) is 8.32. The van der Waals surface area contributed by atoms with Crippen molar-refractivity contribution < 1.29 is 29.4 Å². The van der Waals surface area contributed by atoms with Crippen molar-refractivity contribution in [3.8, 4) is 0 Å². The highest BCUT2D eigenvalue weighted by atomic mass is 16.4. The predicted octanol–water partition coefficient (Wildman–Crippen LogP) is 0.635. The number of aliphatic hydroxyl groups is 1. The molecule has 0 heterocycles. The molecule has 0 amide bonds. The average molecular weight is 325 g/mol. The van der Waals surface area contributed by atoms with Gasteiger partial charge in [-0.2, -0.15) is 0 Å². The molecule has 0 aliphatic heterocycles. The minimum Gasteiger partial charge on any atom is -0.547 e. The van der Waals surface area contributed by atoms with Crippen molar-refractivity contribution in [1.29, 1.82) is 0 Å². The van der Waals surface area contributed by atoms with E-state index < -0.39 is 24.5 Å². The van der Waals surface area contributed by atoms with Crippen LogP contribution in [0.2, 0.25) is 0 Å². The summed E-state index contributed by atoms with van der Waals surface area (Å²) >= 11 is 0. The number of aliphatic carboxylic acids is 2. The smallest absolute Gasteiger partial charge is 0.306 e. The molecule has 1 rings (SSSR count). The number of hydrogen-bond acceptors (Lipinski definition) is 4. The molecule has 1 unspecified atom stereocenters. The summed E-state index contributed by atoms with van der Waals surface area (Å²) in [6.07, 6.45) is -2.72. The van der Waals surface area contributed by atoms with Gasteiger partial charge in [0.1, 0.15) is 12.6 Å². The summed E-state index contributed by atoms with van der Waals surface area (Å²) in [5, 5.41) is 25.7. The number of carbonyl (C=O) groups excluding carboxylic acids is 1. The first-order valence-electron chi connectivity index (χ1n) is 7.80. The molecule has 0 aliphatic rings. The van der Waals surface area contributed by atoms with E-state index in [-0.39, 0.29) is 0 Å². The van der Waals surface area contributed by atoms with Gasteiger partial charge in [0.2, 0.25) is 0 Å². The van der Waals surface area contributed by atoms with E-state index in [1.807, 2.05) is 0 Å². The molecule has 0 bridgehead atoms. The van der Waals surface area contributed by atoms with E-state index in [0.717, 1.165) is 0 Å². The zero-order chi connectivity index (χ0) is 17.9. The van der Waals surface area contributed by atoms with Crippen LogP contribution >= 0.6 is 0 Å². The Bertz CT molecular complexity index is 463. The zero-order valence-electron chi connectivity index (χ0n) is 14.1. The Morgan fingerprint density at radius 1 is 1.09 bits per heavy atom. The Balaban J connectivity index is 0.000000468. The van der Waals surface area contributed by atoms with Crippen LogP contribution in [-0.2, 0) is 16.1 Å². The highest BCUT2D eigenvalue weighted by Crippen LogP contribution is 2.13. The lowest BCUT2D eigenvalue weighted by Gasteiger charge is -2.35. The van der Waals surface area contributed by atoms with Crippen LogP contribution in [0.5, 0.6) is 0 Å². The van der Waals surface area contributed by atoms with Crippen molar-refractivity contribution >= 4 is 11.9 Å². The molecular weight excluding hydrogens is 298 g/mol. The summed E-state index contributed by atoms with van der Waals surface area (Å²) in [5.41, 5.74) is 1.46. The maximum atomic E-state index is 9.66. The number of rotatable bonds is 8. The maximum Gasteiger partial charge on any atom is 0.306 e. The van der Waals surface area contributed by atoms with Gasteiger partial charge in [-0.1, -0.05) is 30.3 Å². The number of hydrogen-bond donors (Lipinski definition) is 2. The van der Waals surface area contributed by atoms with Crippen LogP contribution in [0.3, 0.4) is 0 Å². The van der Waals surface area contributed by atoms with Gasteiger partial charge in [0.15, 0.2) is 0 Å². The maximum absolute atomic E-state index is 9.66. The number of aliphatic hydroxyl groups excluding tert-OH is 1. The molecule has 6 heteroatoms.